The summed E-state index contributed by atoms with van der Waals surface area (Å²) in [7, 11) is -0.305. The van der Waals surface area contributed by atoms with Gasteiger partial charge in [-0.1, -0.05) is 17.7 Å². The molecule has 1 aliphatic rings. The summed E-state index contributed by atoms with van der Waals surface area (Å²) in [6.45, 7) is 10.4. The highest BCUT2D eigenvalue weighted by atomic mass is 32.1. The van der Waals surface area contributed by atoms with Crippen LogP contribution in [0.3, 0.4) is 0 Å². The first kappa shape index (κ1) is 14.8. The maximum absolute atomic E-state index is 6.13. The molecule has 0 N–H and O–H groups in total. The van der Waals surface area contributed by atoms with Crippen molar-refractivity contribution in [1.29, 1.82) is 0 Å². The van der Waals surface area contributed by atoms with Gasteiger partial charge in [0, 0.05) is 17.1 Å². The number of rotatable bonds is 2. The first-order valence-corrected chi connectivity index (χ1v) is 8.04. The molecule has 21 heavy (non-hydrogen) atoms. The summed E-state index contributed by atoms with van der Waals surface area (Å²) in [5.74, 6) is 0. The maximum Gasteiger partial charge on any atom is 0.495 e. The van der Waals surface area contributed by atoms with Crippen molar-refractivity contribution in [3.63, 3.8) is 0 Å². The minimum absolute atomic E-state index is 0.305. The zero-order chi connectivity index (χ0) is 15.3. The van der Waals surface area contributed by atoms with Crippen LogP contribution < -0.4 is 5.46 Å². The highest BCUT2D eigenvalue weighted by Crippen LogP contribution is 2.36. The summed E-state index contributed by atoms with van der Waals surface area (Å²) in [4.78, 5) is 4.36. The van der Waals surface area contributed by atoms with Gasteiger partial charge in [0.05, 0.1) is 11.2 Å². The Kier molecular flexibility index (Phi) is 3.47. The van der Waals surface area contributed by atoms with E-state index in [1.165, 1.54) is 5.56 Å². The van der Waals surface area contributed by atoms with Crippen LogP contribution in [0.5, 0.6) is 0 Å². The minimum Gasteiger partial charge on any atom is -0.399 e. The lowest BCUT2D eigenvalue weighted by atomic mass is 9.76. The van der Waals surface area contributed by atoms with Crippen LogP contribution in [0.2, 0.25) is 0 Å². The molecule has 0 bridgehead atoms. The van der Waals surface area contributed by atoms with Crippen LogP contribution in [0.4, 0.5) is 0 Å². The fourth-order valence-electron chi connectivity index (χ4n) is 2.41. The Balaban J connectivity index is 1.91. The Hall–Kier alpha value is -1.17. The van der Waals surface area contributed by atoms with Gasteiger partial charge in [-0.25, -0.2) is 4.98 Å². The SMILES string of the molecule is Cc1cc(-c2nccs2)ccc1B1OC(C)(C)C(C)(C)O1. The van der Waals surface area contributed by atoms with Gasteiger partial charge < -0.3 is 9.31 Å². The van der Waals surface area contributed by atoms with Crippen molar-refractivity contribution < 1.29 is 9.31 Å². The van der Waals surface area contributed by atoms with Crippen molar-refractivity contribution >= 4 is 23.9 Å². The normalized spacial score (nSPS) is 20.0. The van der Waals surface area contributed by atoms with E-state index in [2.05, 4.69) is 57.8 Å². The van der Waals surface area contributed by atoms with Crippen LogP contribution in [0.25, 0.3) is 10.6 Å². The van der Waals surface area contributed by atoms with Crippen LogP contribution in [0.1, 0.15) is 33.3 Å². The maximum atomic E-state index is 6.13. The van der Waals surface area contributed by atoms with Crippen molar-refractivity contribution in [2.24, 2.45) is 0 Å². The molecule has 2 aromatic rings. The van der Waals surface area contributed by atoms with Crippen LogP contribution in [0.15, 0.2) is 29.8 Å². The van der Waals surface area contributed by atoms with Crippen LogP contribution in [-0.2, 0) is 9.31 Å². The molecule has 110 valence electrons. The Morgan fingerprint density at radius 1 is 1.10 bits per heavy atom. The summed E-state index contributed by atoms with van der Waals surface area (Å²) in [6.07, 6.45) is 1.83. The highest BCUT2D eigenvalue weighted by Gasteiger charge is 2.52. The fraction of sp³-hybridized carbons (Fsp3) is 0.438. The fourth-order valence-corrected chi connectivity index (χ4v) is 3.04. The topological polar surface area (TPSA) is 31.4 Å². The molecular weight excluding hydrogens is 281 g/mol. The summed E-state index contributed by atoms with van der Waals surface area (Å²) in [6, 6.07) is 6.33. The zero-order valence-corrected chi connectivity index (χ0v) is 14.0. The molecule has 0 radical (unpaired) electrons. The molecule has 1 fully saturated rings. The van der Waals surface area contributed by atoms with Gasteiger partial charge in [0.2, 0.25) is 0 Å². The van der Waals surface area contributed by atoms with E-state index in [0.717, 1.165) is 16.0 Å². The molecule has 0 atom stereocenters. The van der Waals surface area contributed by atoms with Gasteiger partial charge >= 0.3 is 7.12 Å². The van der Waals surface area contributed by atoms with Crippen molar-refractivity contribution in [2.75, 3.05) is 0 Å². The van der Waals surface area contributed by atoms with Gasteiger partial charge in [-0.3, -0.25) is 0 Å². The zero-order valence-electron chi connectivity index (χ0n) is 13.1. The third-order valence-corrected chi connectivity index (χ3v) is 5.28. The molecule has 2 heterocycles. The molecule has 0 saturated carbocycles. The average molecular weight is 301 g/mol. The van der Waals surface area contributed by atoms with Gasteiger partial charge in [0.1, 0.15) is 5.01 Å². The molecule has 1 aromatic carbocycles. The van der Waals surface area contributed by atoms with Crippen molar-refractivity contribution in [3.8, 4) is 10.6 Å². The molecule has 1 aromatic heterocycles. The quantitative estimate of drug-likeness (QED) is 0.797. The number of aromatic nitrogens is 1. The number of aryl methyl sites for hydroxylation is 1. The van der Waals surface area contributed by atoms with E-state index in [0.29, 0.717) is 0 Å². The number of hydrogen-bond acceptors (Lipinski definition) is 4. The molecular formula is C16H20BNO2S. The second-order valence-electron chi connectivity index (χ2n) is 6.50. The average Bonchev–Trinajstić information content (AvgIpc) is 2.96. The monoisotopic (exact) mass is 301 g/mol. The standard InChI is InChI=1S/C16H20BNO2S/c1-11-10-12(14-18-8-9-21-14)6-7-13(11)17-19-15(2,3)16(4,5)20-17/h6-10H,1-5H3. The lowest BCUT2D eigenvalue weighted by Gasteiger charge is -2.32. The van der Waals surface area contributed by atoms with Crippen molar-refractivity contribution in [1.82, 2.24) is 4.98 Å². The van der Waals surface area contributed by atoms with E-state index in [1.807, 2.05) is 11.6 Å². The van der Waals surface area contributed by atoms with E-state index >= 15 is 0 Å². The van der Waals surface area contributed by atoms with Gasteiger partial charge in [0.25, 0.3) is 0 Å². The van der Waals surface area contributed by atoms with Gasteiger partial charge in [-0.2, -0.15) is 0 Å². The van der Waals surface area contributed by atoms with E-state index in [4.69, 9.17) is 9.31 Å². The third-order valence-electron chi connectivity index (χ3n) is 4.46. The first-order chi connectivity index (χ1) is 9.80. The summed E-state index contributed by atoms with van der Waals surface area (Å²) < 4.78 is 12.3. The van der Waals surface area contributed by atoms with Crippen LogP contribution in [0, 0.1) is 6.92 Å². The third kappa shape index (κ3) is 2.54. The lowest BCUT2D eigenvalue weighted by molar-refractivity contribution is 0.00578. The Labute approximate surface area is 130 Å². The lowest BCUT2D eigenvalue weighted by Crippen LogP contribution is -2.41. The molecule has 0 aliphatic carbocycles. The summed E-state index contributed by atoms with van der Waals surface area (Å²) in [5, 5.41) is 3.03. The molecule has 0 amide bonds. The molecule has 1 aliphatic heterocycles. The Morgan fingerprint density at radius 2 is 1.76 bits per heavy atom. The predicted octanol–water partition coefficient (Wildman–Crippen LogP) is 3.42. The summed E-state index contributed by atoms with van der Waals surface area (Å²) >= 11 is 1.65. The number of nitrogens with zero attached hydrogens (tertiary/aromatic N) is 1. The van der Waals surface area contributed by atoms with E-state index in [9.17, 15) is 0 Å². The second kappa shape index (κ2) is 4.94. The van der Waals surface area contributed by atoms with Crippen LogP contribution >= 0.6 is 11.3 Å². The molecule has 0 unspecified atom stereocenters. The molecule has 1 saturated heterocycles. The summed E-state index contributed by atoms with van der Waals surface area (Å²) in [5.41, 5.74) is 2.79. The molecule has 5 heteroatoms. The number of thiazole rings is 1. The molecule has 0 spiro atoms. The number of benzene rings is 1. The Morgan fingerprint density at radius 3 is 2.29 bits per heavy atom. The minimum atomic E-state index is -0.307. The van der Waals surface area contributed by atoms with Gasteiger partial charge in [0.15, 0.2) is 0 Å². The van der Waals surface area contributed by atoms with Crippen molar-refractivity contribution in [2.45, 2.75) is 45.8 Å². The second-order valence-corrected chi connectivity index (χ2v) is 7.39. The predicted molar refractivity (Wildman–Crippen MR) is 88.0 cm³/mol. The Bertz CT molecular complexity index is 636. The highest BCUT2D eigenvalue weighted by molar-refractivity contribution is 7.13. The van der Waals surface area contributed by atoms with E-state index in [-0.39, 0.29) is 18.3 Å². The molecule has 3 rings (SSSR count). The smallest absolute Gasteiger partial charge is 0.399 e. The van der Waals surface area contributed by atoms with E-state index in [1.54, 1.807) is 11.3 Å². The molecule has 3 nitrogen and oxygen atoms in total. The van der Waals surface area contributed by atoms with Gasteiger partial charge in [-0.05, 0) is 46.1 Å². The van der Waals surface area contributed by atoms with Crippen molar-refractivity contribution in [3.05, 3.63) is 35.3 Å². The van der Waals surface area contributed by atoms with Gasteiger partial charge in [-0.15, -0.1) is 11.3 Å². The number of hydrogen-bond donors (Lipinski definition) is 0. The first-order valence-electron chi connectivity index (χ1n) is 7.16. The largest absolute Gasteiger partial charge is 0.495 e. The van der Waals surface area contributed by atoms with E-state index < -0.39 is 0 Å². The van der Waals surface area contributed by atoms with Crippen LogP contribution in [-0.4, -0.2) is 23.3 Å².